The number of hydrogen-bond acceptors (Lipinski definition) is 4. The predicted molar refractivity (Wildman–Crippen MR) is 87.3 cm³/mol. The van der Waals surface area contributed by atoms with Crippen LogP contribution in [0.4, 0.5) is 5.69 Å². The minimum atomic E-state index is -0.609. The summed E-state index contributed by atoms with van der Waals surface area (Å²) in [4.78, 5) is 36.6. The number of carbonyl (C=O) groups excluding carboxylic acids is 3. The zero-order valence-corrected chi connectivity index (χ0v) is 13.8. The van der Waals surface area contributed by atoms with E-state index in [4.69, 9.17) is 5.73 Å². The molecule has 6 heteroatoms. The number of rotatable bonds is 4. The average molecular weight is 317 g/mol. The van der Waals surface area contributed by atoms with Crippen LogP contribution in [0.3, 0.4) is 0 Å². The van der Waals surface area contributed by atoms with Crippen molar-refractivity contribution in [3.05, 3.63) is 29.8 Å². The summed E-state index contributed by atoms with van der Waals surface area (Å²) >= 11 is 0. The van der Waals surface area contributed by atoms with Crippen molar-refractivity contribution in [1.82, 2.24) is 4.90 Å². The van der Waals surface area contributed by atoms with Crippen LogP contribution in [-0.4, -0.2) is 28.7 Å². The summed E-state index contributed by atoms with van der Waals surface area (Å²) in [5.41, 5.74) is 7.07. The first-order valence-corrected chi connectivity index (χ1v) is 7.67. The van der Waals surface area contributed by atoms with E-state index in [2.05, 4.69) is 5.32 Å². The fourth-order valence-electron chi connectivity index (χ4n) is 2.29. The Hall–Kier alpha value is -2.21. The van der Waals surface area contributed by atoms with Crippen LogP contribution < -0.4 is 11.1 Å². The summed E-state index contributed by atoms with van der Waals surface area (Å²) in [6.45, 7) is 5.99. The molecule has 0 spiro atoms. The van der Waals surface area contributed by atoms with Gasteiger partial charge in [-0.3, -0.25) is 19.3 Å². The first-order chi connectivity index (χ1) is 10.7. The third-order valence-electron chi connectivity index (χ3n) is 3.93. The molecule has 124 valence electrons. The molecule has 0 radical (unpaired) electrons. The largest absolute Gasteiger partial charge is 0.325 e. The number of likely N-dealkylation sites (tertiary alicyclic amines) is 1. The highest BCUT2D eigenvalue weighted by Crippen LogP contribution is 2.20. The van der Waals surface area contributed by atoms with Gasteiger partial charge in [-0.2, -0.15) is 0 Å². The summed E-state index contributed by atoms with van der Waals surface area (Å²) in [6.07, 6.45) is 0.579. The summed E-state index contributed by atoms with van der Waals surface area (Å²) < 4.78 is 0. The maximum Gasteiger partial charge on any atom is 0.241 e. The SMILES string of the molecule is CC(C)(C)[C@H](N)C(=O)Nc1ccc(CN2C(=O)CCC2=O)cc1. The van der Waals surface area contributed by atoms with Crippen LogP contribution in [0.25, 0.3) is 0 Å². The van der Waals surface area contributed by atoms with Gasteiger partial charge in [0.25, 0.3) is 0 Å². The highest BCUT2D eigenvalue weighted by atomic mass is 16.2. The van der Waals surface area contributed by atoms with E-state index in [1.807, 2.05) is 20.8 Å². The normalized spacial score (nSPS) is 16.6. The van der Waals surface area contributed by atoms with Crippen LogP contribution in [0.5, 0.6) is 0 Å². The number of nitrogens with one attached hydrogen (secondary N) is 1. The molecule has 3 N–H and O–H groups in total. The van der Waals surface area contributed by atoms with Crippen LogP contribution >= 0.6 is 0 Å². The van der Waals surface area contributed by atoms with Crippen molar-refractivity contribution in [3.8, 4) is 0 Å². The molecular formula is C17H23N3O3. The molecule has 23 heavy (non-hydrogen) atoms. The van der Waals surface area contributed by atoms with Crippen LogP contribution in [0.15, 0.2) is 24.3 Å². The first kappa shape index (κ1) is 17.1. The second-order valence-electron chi connectivity index (χ2n) is 6.90. The first-order valence-electron chi connectivity index (χ1n) is 7.67. The molecule has 1 atom stereocenters. The van der Waals surface area contributed by atoms with E-state index >= 15 is 0 Å². The third kappa shape index (κ3) is 4.16. The fourth-order valence-corrected chi connectivity index (χ4v) is 2.29. The van der Waals surface area contributed by atoms with Gasteiger partial charge in [0, 0.05) is 18.5 Å². The van der Waals surface area contributed by atoms with Crippen molar-refractivity contribution < 1.29 is 14.4 Å². The van der Waals surface area contributed by atoms with Crippen molar-refractivity contribution in [2.45, 2.75) is 46.2 Å². The molecule has 0 bridgehead atoms. The summed E-state index contributed by atoms with van der Waals surface area (Å²) in [5, 5.41) is 2.78. The highest BCUT2D eigenvalue weighted by Gasteiger charge is 2.29. The molecule has 1 fully saturated rings. The molecule has 0 aromatic heterocycles. The predicted octanol–water partition coefficient (Wildman–Crippen LogP) is 1.65. The Morgan fingerprint density at radius 3 is 2.17 bits per heavy atom. The maximum atomic E-state index is 12.1. The molecule has 1 saturated heterocycles. The van der Waals surface area contributed by atoms with Crippen molar-refractivity contribution in [1.29, 1.82) is 0 Å². The molecule has 1 aromatic carbocycles. The molecule has 3 amide bonds. The van der Waals surface area contributed by atoms with Gasteiger partial charge in [0.2, 0.25) is 17.7 Å². The van der Waals surface area contributed by atoms with Gasteiger partial charge in [0.15, 0.2) is 0 Å². The van der Waals surface area contributed by atoms with Crippen molar-refractivity contribution >= 4 is 23.4 Å². The van der Waals surface area contributed by atoms with Gasteiger partial charge in [-0.25, -0.2) is 0 Å². The van der Waals surface area contributed by atoms with Crippen molar-refractivity contribution in [2.24, 2.45) is 11.1 Å². The summed E-state index contributed by atoms with van der Waals surface area (Å²) in [7, 11) is 0. The molecule has 0 unspecified atom stereocenters. The van der Waals surface area contributed by atoms with Gasteiger partial charge in [0.05, 0.1) is 12.6 Å². The Bertz CT molecular complexity index is 601. The Morgan fingerprint density at radius 2 is 1.70 bits per heavy atom. The van der Waals surface area contributed by atoms with Gasteiger partial charge < -0.3 is 11.1 Å². The van der Waals surface area contributed by atoms with Gasteiger partial charge >= 0.3 is 0 Å². The molecule has 1 aliphatic rings. The lowest BCUT2D eigenvalue weighted by Crippen LogP contribution is -2.45. The van der Waals surface area contributed by atoms with E-state index in [0.29, 0.717) is 5.69 Å². The Labute approximate surface area is 136 Å². The second kappa shape index (κ2) is 6.50. The summed E-state index contributed by atoms with van der Waals surface area (Å²) in [6, 6.07) is 6.46. The summed E-state index contributed by atoms with van der Waals surface area (Å²) in [5.74, 6) is -0.512. The van der Waals surface area contributed by atoms with Gasteiger partial charge in [-0.1, -0.05) is 32.9 Å². The molecule has 1 heterocycles. The average Bonchev–Trinajstić information content (AvgIpc) is 2.79. The number of benzene rings is 1. The molecule has 1 aliphatic heterocycles. The van der Waals surface area contributed by atoms with Gasteiger partial charge in [-0.05, 0) is 23.1 Å². The van der Waals surface area contributed by atoms with Gasteiger partial charge in [0.1, 0.15) is 0 Å². The second-order valence-corrected chi connectivity index (χ2v) is 6.90. The molecular weight excluding hydrogens is 294 g/mol. The number of carbonyl (C=O) groups is 3. The molecule has 6 nitrogen and oxygen atoms in total. The van der Waals surface area contributed by atoms with E-state index in [9.17, 15) is 14.4 Å². The molecule has 1 aromatic rings. The lowest BCUT2D eigenvalue weighted by atomic mass is 9.87. The van der Waals surface area contributed by atoms with E-state index < -0.39 is 6.04 Å². The number of imide groups is 1. The zero-order chi connectivity index (χ0) is 17.2. The van der Waals surface area contributed by atoms with Crippen LogP contribution in [0.1, 0.15) is 39.2 Å². The van der Waals surface area contributed by atoms with E-state index in [-0.39, 0.29) is 42.5 Å². The lowest BCUT2D eigenvalue weighted by molar-refractivity contribution is -0.139. The van der Waals surface area contributed by atoms with E-state index in [0.717, 1.165) is 5.56 Å². The van der Waals surface area contributed by atoms with Crippen LogP contribution in [0.2, 0.25) is 0 Å². The lowest BCUT2D eigenvalue weighted by Gasteiger charge is -2.25. The molecule has 0 aliphatic carbocycles. The highest BCUT2D eigenvalue weighted by molar-refractivity contribution is 6.01. The number of hydrogen-bond donors (Lipinski definition) is 2. The topological polar surface area (TPSA) is 92.5 Å². The number of nitrogens with two attached hydrogens (primary N) is 1. The monoisotopic (exact) mass is 317 g/mol. The zero-order valence-electron chi connectivity index (χ0n) is 13.8. The fraction of sp³-hybridized carbons (Fsp3) is 0.471. The minimum Gasteiger partial charge on any atom is -0.325 e. The van der Waals surface area contributed by atoms with Gasteiger partial charge in [-0.15, -0.1) is 0 Å². The van der Waals surface area contributed by atoms with E-state index in [1.54, 1.807) is 24.3 Å². The number of amides is 3. The van der Waals surface area contributed by atoms with E-state index in [1.165, 1.54) is 4.90 Å². The smallest absolute Gasteiger partial charge is 0.241 e. The maximum absolute atomic E-state index is 12.1. The number of nitrogens with zero attached hydrogens (tertiary/aromatic N) is 1. The minimum absolute atomic E-state index is 0.136. The Kier molecular flexibility index (Phi) is 4.85. The molecule has 2 rings (SSSR count). The third-order valence-corrected chi connectivity index (χ3v) is 3.93. The van der Waals surface area contributed by atoms with Crippen LogP contribution in [0, 0.1) is 5.41 Å². The molecule has 0 saturated carbocycles. The number of anilines is 1. The van der Waals surface area contributed by atoms with Crippen molar-refractivity contribution in [3.63, 3.8) is 0 Å². The van der Waals surface area contributed by atoms with Crippen molar-refractivity contribution in [2.75, 3.05) is 5.32 Å². The van der Waals surface area contributed by atoms with Crippen LogP contribution in [-0.2, 0) is 20.9 Å². The standard InChI is InChI=1S/C17H23N3O3/c1-17(2,3)15(18)16(23)19-12-6-4-11(5-7-12)10-20-13(21)8-9-14(20)22/h4-7,15H,8-10,18H2,1-3H3,(H,19,23)/t15-/m1/s1. The Balaban J connectivity index is 1.98. The quantitative estimate of drug-likeness (QED) is 0.826. The Morgan fingerprint density at radius 1 is 1.17 bits per heavy atom.